The number of carboxylic acid groups (broad SMARTS) is 1. The standard InChI is InChI=1S/C31H33F3O3/c1-3-25(26(8-10-29(35)36)22-5-4-6-24(14-22)31(32,33)34)23-7-9-27(28(15-23)37-2)30-16-19-11-20(17-30)13-21(12-19)18-30/h4-10,14-15,19-21H,3,11-13,16-18H2,1-2H3,(H,35,36)/p-1/b10-8?,26-25-. The molecule has 0 aliphatic heterocycles. The quantitative estimate of drug-likeness (QED) is 0.234. The van der Waals surface area contributed by atoms with Gasteiger partial charge in [-0.05, 0) is 115 Å². The van der Waals surface area contributed by atoms with Crippen LogP contribution in [-0.4, -0.2) is 13.1 Å². The zero-order valence-electron chi connectivity index (χ0n) is 21.2. The molecule has 0 spiro atoms. The summed E-state index contributed by atoms with van der Waals surface area (Å²) >= 11 is 0. The third kappa shape index (κ3) is 4.95. The molecular formula is C31H32F3O3-. The molecule has 4 saturated carbocycles. The van der Waals surface area contributed by atoms with Gasteiger partial charge in [0, 0.05) is 5.56 Å². The van der Waals surface area contributed by atoms with Gasteiger partial charge in [-0.2, -0.15) is 13.2 Å². The molecule has 4 aliphatic rings. The Bertz CT molecular complexity index is 1220. The molecule has 4 aliphatic carbocycles. The van der Waals surface area contributed by atoms with Crippen LogP contribution in [0.25, 0.3) is 11.1 Å². The number of carboxylic acids is 1. The topological polar surface area (TPSA) is 49.4 Å². The lowest BCUT2D eigenvalue weighted by Crippen LogP contribution is -2.48. The van der Waals surface area contributed by atoms with Crippen LogP contribution in [0.15, 0.2) is 54.6 Å². The molecule has 0 unspecified atom stereocenters. The van der Waals surface area contributed by atoms with E-state index in [1.807, 2.05) is 19.1 Å². The largest absolute Gasteiger partial charge is 0.545 e. The highest BCUT2D eigenvalue weighted by molar-refractivity contribution is 5.98. The number of alkyl halides is 3. The van der Waals surface area contributed by atoms with Gasteiger partial charge >= 0.3 is 6.18 Å². The minimum atomic E-state index is -4.51. The molecule has 0 radical (unpaired) electrons. The van der Waals surface area contributed by atoms with Crippen LogP contribution in [0.5, 0.6) is 5.75 Å². The van der Waals surface area contributed by atoms with Crippen molar-refractivity contribution in [2.24, 2.45) is 17.8 Å². The lowest BCUT2D eigenvalue weighted by molar-refractivity contribution is -0.297. The van der Waals surface area contributed by atoms with E-state index in [2.05, 4.69) is 6.07 Å². The molecule has 0 saturated heterocycles. The molecule has 0 aromatic heterocycles. The third-order valence-corrected chi connectivity index (χ3v) is 8.73. The van der Waals surface area contributed by atoms with Gasteiger partial charge in [0.2, 0.25) is 0 Å². The Morgan fingerprint density at radius 2 is 1.65 bits per heavy atom. The number of hydrogen-bond donors (Lipinski definition) is 0. The van der Waals surface area contributed by atoms with Gasteiger partial charge in [0.05, 0.1) is 18.6 Å². The summed E-state index contributed by atoms with van der Waals surface area (Å²) in [5, 5.41) is 11.2. The van der Waals surface area contributed by atoms with E-state index in [9.17, 15) is 23.1 Å². The summed E-state index contributed by atoms with van der Waals surface area (Å²) in [6, 6.07) is 11.1. The zero-order chi connectivity index (χ0) is 26.4. The smallest absolute Gasteiger partial charge is 0.416 e. The van der Waals surface area contributed by atoms with Crippen LogP contribution in [0.4, 0.5) is 13.2 Å². The maximum Gasteiger partial charge on any atom is 0.416 e. The van der Waals surface area contributed by atoms with Gasteiger partial charge < -0.3 is 14.6 Å². The number of halogens is 3. The summed E-state index contributed by atoms with van der Waals surface area (Å²) in [5.74, 6) is 1.74. The van der Waals surface area contributed by atoms with Gasteiger partial charge in [-0.3, -0.25) is 0 Å². The van der Waals surface area contributed by atoms with Crippen LogP contribution in [0.2, 0.25) is 0 Å². The highest BCUT2D eigenvalue weighted by atomic mass is 19.4. The van der Waals surface area contributed by atoms with E-state index < -0.39 is 17.7 Å². The maximum absolute atomic E-state index is 13.4. The Kier molecular flexibility index (Phi) is 6.71. The fraction of sp³-hybridized carbons (Fsp3) is 0.452. The Balaban J connectivity index is 1.61. The normalized spacial score (nSPS) is 27.4. The van der Waals surface area contributed by atoms with Crippen LogP contribution in [0, 0.1) is 17.8 Å². The molecule has 0 heterocycles. The van der Waals surface area contributed by atoms with Gasteiger partial charge in [0.1, 0.15) is 5.75 Å². The van der Waals surface area contributed by atoms with Crippen molar-refractivity contribution in [1.29, 1.82) is 0 Å². The first-order chi connectivity index (χ1) is 17.6. The molecule has 6 rings (SSSR count). The van der Waals surface area contributed by atoms with Gasteiger partial charge in [-0.15, -0.1) is 0 Å². The fourth-order valence-electron chi connectivity index (χ4n) is 7.69. The second-order valence-electron chi connectivity index (χ2n) is 11.1. The van der Waals surface area contributed by atoms with E-state index in [0.29, 0.717) is 17.6 Å². The van der Waals surface area contributed by atoms with Gasteiger partial charge in [-0.25, -0.2) is 0 Å². The molecule has 196 valence electrons. The van der Waals surface area contributed by atoms with Crippen LogP contribution < -0.4 is 9.84 Å². The van der Waals surface area contributed by atoms with E-state index in [1.165, 1.54) is 56.2 Å². The molecule has 2 aromatic rings. The molecule has 0 amide bonds. The number of carbonyl (C=O) groups excluding carboxylic acids is 1. The van der Waals surface area contributed by atoms with Crippen LogP contribution in [0.3, 0.4) is 0 Å². The molecule has 0 atom stereocenters. The molecule has 6 heteroatoms. The van der Waals surface area contributed by atoms with Crippen LogP contribution >= 0.6 is 0 Å². The monoisotopic (exact) mass is 509 g/mol. The van der Waals surface area contributed by atoms with Crippen molar-refractivity contribution < 1.29 is 27.8 Å². The Morgan fingerprint density at radius 1 is 1.00 bits per heavy atom. The number of carbonyl (C=O) groups is 1. The number of methoxy groups -OCH3 is 1. The van der Waals surface area contributed by atoms with Gasteiger partial charge in [0.15, 0.2) is 0 Å². The number of benzene rings is 2. The number of aliphatic carboxylic acids is 1. The minimum Gasteiger partial charge on any atom is -0.545 e. The SMILES string of the molecule is CC/C(=C(\C=CC(=O)[O-])c1cccc(C(F)(F)F)c1)c1ccc(C23CC4CC(CC(C4)C2)C3)c(OC)c1. The Labute approximate surface area is 216 Å². The van der Waals surface area contributed by atoms with Crippen molar-refractivity contribution in [2.45, 2.75) is 63.5 Å². The lowest BCUT2D eigenvalue weighted by atomic mass is 9.48. The lowest BCUT2D eigenvalue weighted by Gasteiger charge is -2.57. The number of rotatable bonds is 7. The van der Waals surface area contributed by atoms with Crippen molar-refractivity contribution in [1.82, 2.24) is 0 Å². The van der Waals surface area contributed by atoms with Crippen molar-refractivity contribution in [3.63, 3.8) is 0 Å². The van der Waals surface area contributed by atoms with E-state index in [4.69, 9.17) is 4.74 Å². The highest BCUT2D eigenvalue weighted by Gasteiger charge is 2.52. The first-order valence-electron chi connectivity index (χ1n) is 13.1. The minimum absolute atomic E-state index is 0.132. The number of allylic oxidation sites excluding steroid dienone is 3. The van der Waals surface area contributed by atoms with Gasteiger partial charge in [0.25, 0.3) is 0 Å². The summed E-state index contributed by atoms with van der Waals surface area (Å²) in [6.45, 7) is 1.91. The zero-order valence-corrected chi connectivity index (χ0v) is 21.2. The van der Waals surface area contributed by atoms with Crippen molar-refractivity contribution in [3.8, 4) is 5.75 Å². The second kappa shape index (κ2) is 9.70. The number of ether oxygens (including phenoxy) is 1. The van der Waals surface area contributed by atoms with E-state index in [1.54, 1.807) is 13.2 Å². The molecule has 4 fully saturated rings. The molecular weight excluding hydrogens is 477 g/mol. The van der Waals surface area contributed by atoms with E-state index in [0.717, 1.165) is 52.8 Å². The molecule has 37 heavy (non-hydrogen) atoms. The van der Waals surface area contributed by atoms with Crippen molar-refractivity contribution in [3.05, 3.63) is 76.9 Å². The summed E-state index contributed by atoms with van der Waals surface area (Å²) < 4.78 is 46.3. The first kappa shape index (κ1) is 25.6. The Hall–Kier alpha value is -3.02. The molecule has 4 bridgehead atoms. The van der Waals surface area contributed by atoms with Crippen molar-refractivity contribution in [2.75, 3.05) is 7.11 Å². The average Bonchev–Trinajstić information content (AvgIpc) is 2.85. The number of hydrogen-bond acceptors (Lipinski definition) is 3. The van der Waals surface area contributed by atoms with Crippen molar-refractivity contribution >= 4 is 17.1 Å². The summed E-state index contributed by atoms with van der Waals surface area (Å²) in [6.07, 6.45) is 5.78. The molecule has 2 aromatic carbocycles. The first-order valence-corrected chi connectivity index (χ1v) is 13.1. The predicted molar refractivity (Wildman–Crippen MR) is 136 cm³/mol. The maximum atomic E-state index is 13.4. The Morgan fingerprint density at radius 3 is 2.19 bits per heavy atom. The fourth-order valence-corrected chi connectivity index (χ4v) is 7.69. The summed E-state index contributed by atoms with van der Waals surface area (Å²) in [4.78, 5) is 11.2. The van der Waals surface area contributed by atoms with E-state index in [-0.39, 0.29) is 5.41 Å². The third-order valence-electron chi connectivity index (χ3n) is 8.73. The van der Waals surface area contributed by atoms with Crippen LogP contribution in [-0.2, 0) is 16.4 Å². The average molecular weight is 510 g/mol. The van der Waals surface area contributed by atoms with Crippen LogP contribution in [0.1, 0.15) is 74.1 Å². The molecule has 0 N–H and O–H groups in total. The van der Waals surface area contributed by atoms with E-state index >= 15 is 0 Å². The predicted octanol–water partition coefficient (Wildman–Crippen LogP) is 6.81. The highest BCUT2D eigenvalue weighted by Crippen LogP contribution is 2.62. The summed E-state index contributed by atoms with van der Waals surface area (Å²) in [7, 11) is 1.67. The molecule has 3 nitrogen and oxygen atoms in total. The van der Waals surface area contributed by atoms with Gasteiger partial charge in [-0.1, -0.05) is 37.3 Å². The second-order valence-corrected chi connectivity index (χ2v) is 11.1. The summed E-state index contributed by atoms with van der Waals surface area (Å²) in [5.41, 5.74) is 2.85.